The van der Waals surface area contributed by atoms with Crippen LogP contribution in [-0.4, -0.2) is 24.6 Å². The molecule has 0 bridgehead atoms. The molecule has 0 saturated heterocycles. The van der Waals surface area contributed by atoms with Gasteiger partial charge in [-0.15, -0.1) is 0 Å². The van der Waals surface area contributed by atoms with Crippen LogP contribution in [0.2, 0.25) is 0 Å². The van der Waals surface area contributed by atoms with Gasteiger partial charge in [-0.2, -0.15) is 0 Å². The van der Waals surface area contributed by atoms with Gasteiger partial charge in [-0.1, -0.05) is 137 Å². The van der Waals surface area contributed by atoms with Crippen molar-refractivity contribution >= 4 is 11.9 Å². The molecule has 0 amide bonds. The van der Waals surface area contributed by atoms with E-state index in [0.717, 1.165) is 12.8 Å². The molecular weight excluding hydrogens is 424 g/mol. The number of rotatable bonds is 23. The number of carbonyl (C=O) groups excluding carboxylic acids is 2. The van der Waals surface area contributed by atoms with Crippen molar-refractivity contribution in [3.63, 3.8) is 0 Å². The highest BCUT2D eigenvalue weighted by atomic mass is 16.5. The zero-order chi connectivity index (χ0) is 25.4. The third-order valence-corrected chi connectivity index (χ3v) is 6.41. The van der Waals surface area contributed by atoms with E-state index in [4.69, 9.17) is 9.47 Å². The summed E-state index contributed by atoms with van der Waals surface area (Å²) in [5, 5.41) is 0. The summed E-state index contributed by atoms with van der Waals surface area (Å²) in [6.45, 7) is 10.8. The van der Waals surface area contributed by atoms with Crippen molar-refractivity contribution in [1.82, 2.24) is 0 Å². The Balaban J connectivity index is 3.47. The number of unbranched alkanes of at least 4 members (excludes halogenated alkanes) is 16. The van der Waals surface area contributed by atoms with E-state index in [-0.39, 0.29) is 17.9 Å². The van der Waals surface area contributed by atoms with Crippen LogP contribution in [0.5, 0.6) is 0 Å². The van der Waals surface area contributed by atoms with E-state index in [9.17, 15) is 9.59 Å². The smallest absolute Gasteiger partial charge is 0.331 e. The van der Waals surface area contributed by atoms with Crippen molar-refractivity contribution in [2.75, 3.05) is 6.61 Å². The quantitative estimate of drug-likeness (QED) is 0.0831. The van der Waals surface area contributed by atoms with Gasteiger partial charge in [-0.25, -0.2) is 9.59 Å². The number of hydrogen-bond donors (Lipinski definition) is 0. The van der Waals surface area contributed by atoms with Crippen molar-refractivity contribution in [1.29, 1.82) is 0 Å². The number of hydrogen-bond acceptors (Lipinski definition) is 4. The largest absolute Gasteiger partial charge is 0.463 e. The van der Waals surface area contributed by atoms with E-state index < -0.39 is 11.9 Å². The number of carbonyl (C=O) groups is 2. The second kappa shape index (κ2) is 23.4. The van der Waals surface area contributed by atoms with Gasteiger partial charge >= 0.3 is 11.9 Å². The Labute approximate surface area is 211 Å². The molecule has 0 aliphatic heterocycles. The van der Waals surface area contributed by atoms with Gasteiger partial charge in [-0.05, 0) is 18.3 Å². The summed E-state index contributed by atoms with van der Waals surface area (Å²) < 4.78 is 10.6. The molecule has 0 saturated carbocycles. The Morgan fingerprint density at radius 3 is 1.29 bits per heavy atom. The molecule has 0 aliphatic carbocycles. The van der Waals surface area contributed by atoms with Crippen LogP contribution in [0.25, 0.3) is 0 Å². The molecule has 0 aliphatic rings. The molecule has 0 spiro atoms. The van der Waals surface area contributed by atoms with Crippen molar-refractivity contribution in [3.05, 3.63) is 12.2 Å². The van der Waals surface area contributed by atoms with E-state index in [0.29, 0.717) is 6.61 Å². The van der Waals surface area contributed by atoms with Gasteiger partial charge in [0, 0.05) is 12.2 Å². The molecule has 0 fully saturated rings. The molecule has 0 aromatic carbocycles. The lowest BCUT2D eigenvalue weighted by molar-refractivity contribution is -0.148. The first-order chi connectivity index (χ1) is 16.4. The zero-order valence-electron chi connectivity index (χ0n) is 23.2. The van der Waals surface area contributed by atoms with E-state index in [1.165, 1.54) is 108 Å². The van der Waals surface area contributed by atoms with Gasteiger partial charge in [0.05, 0.1) is 6.61 Å². The maximum atomic E-state index is 11.9. The highest BCUT2D eigenvalue weighted by molar-refractivity contribution is 5.91. The van der Waals surface area contributed by atoms with Crippen molar-refractivity contribution < 1.29 is 19.1 Å². The van der Waals surface area contributed by atoms with Crippen LogP contribution in [0.3, 0.4) is 0 Å². The van der Waals surface area contributed by atoms with Crippen LogP contribution in [0.4, 0.5) is 0 Å². The molecule has 0 atom stereocenters. The maximum absolute atomic E-state index is 11.9. The minimum Gasteiger partial charge on any atom is -0.463 e. The molecule has 0 unspecified atom stereocenters. The lowest BCUT2D eigenvalue weighted by Crippen LogP contribution is -2.28. The Hall–Kier alpha value is -1.32. The fourth-order valence-electron chi connectivity index (χ4n) is 4.40. The number of ether oxygens (including phenoxy) is 2. The van der Waals surface area contributed by atoms with Crippen LogP contribution in [0.1, 0.15) is 144 Å². The fourth-order valence-corrected chi connectivity index (χ4v) is 4.40. The van der Waals surface area contributed by atoms with Crippen molar-refractivity contribution in [2.24, 2.45) is 11.8 Å². The Bertz CT molecular complexity index is 502. The van der Waals surface area contributed by atoms with Crippen LogP contribution in [0, 0.1) is 11.8 Å². The van der Waals surface area contributed by atoms with Gasteiger partial charge < -0.3 is 9.47 Å². The minimum atomic E-state index is -0.484. The first-order valence-corrected chi connectivity index (χ1v) is 14.4. The molecule has 0 heterocycles. The SMILES string of the molecule is CCCCCCCCCCCCCCCCCCCOC(=O)/C=C/C(=O)OC(C(C)C)C(C)C. The molecule has 0 rings (SSSR count). The predicted molar refractivity (Wildman–Crippen MR) is 144 cm³/mol. The Morgan fingerprint density at radius 2 is 0.912 bits per heavy atom. The third kappa shape index (κ3) is 21.2. The van der Waals surface area contributed by atoms with Crippen molar-refractivity contribution in [3.8, 4) is 0 Å². The third-order valence-electron chi connectivity index (χ3n) is 6.41. The first-order valence-electron chi connectivity index (χ1n) is 14.4. The van der Waals surface area contributed by atoms with Crippen molar-refractivity contribution in [2.45, 2.75) is 150 Å². The van der Waals surface area contributed by atoms with Gasteiger partial charge in [0.25, 0.3) is 0 Å². The Morgan fingerprint density at radius 1 is 0.559 bits per heavy atom. The molecular formula is C30H56O4. The van der Waals surface area contributed by atoms with Gasteiger partial charge in [0.15, 0.2) is 0 Å². The monoisotopic (exact) mass is 480 g/mol. The lowest BCUT2D eigenvalue weighted by atomic mass is 9.96. The predicted octanol–water partition coefficient (Wildman–Crippen LogP) is 8.96. The molecule has 200 valence electrons. The van der Waals surface area contributed by atoms with Gasteiger partial charge in [0.2, 0.25) is 0 Å². The van der Waals surface area contributed by atoms with E-state index >= 15 is 0 Å². The van der Waals surface area contributed by atoms with Gasteiger partial charge in [-0.3, -0.25) is 0 Å². The molecule has 0 aromatic heterocycles. The average molecular weight is 481 g/mol. The second-order valence-electron chi connectivity index (χ2n) is 10.5. The van der Waals surface area contributed by atoms with Crippen LogP contribution < -0.4 is 0 Å². The molecule has 4 nitrogen and oxygen atoms in total. The summed E-state index contributed by atoms with van der Waals surface area (Å²) in [5.74, 6) is -0.478. The summed E-state index contributed by atoms with van der Waals surface area (Å²) in [6, 6.07) is 0. The lowest BCUT2D eigenvalue weighted by Gasteiger charge is -2.24. The Kier molecular flexibility index (Phi) is 22.5. The van der Waals surface area contributed by atoms with E-state index in [2.05, 4.69) is 6.92 Å². The zero-order valence-corrected chi connectivity index (χ0v) is 23.2. The van der Waals surface area contributed by atoms with Gasteiger partial charge in [0.1, 0.15) is 6.10 Å². The maximum Gasteiger partial charge on any atom is 0.331 e. The number of esters is 2. The average Bonchev–Trinajstić information content (AvgIpc) is 2.80. The van der Waals surface area contributed by atoms with Crippen LogP contribution in [-0.2, 0) is 19.1 Å². The normalized spacial score (nSPS) is 11.8. The summed E-state index contributed by atoms with van der Waals surface area (Å²) in [7, 11) is 0. The standard InChI is InChI=1S/C30H56O4/c1-6-7-8-9-10-11-12-13-14-15-16-17-18-19-20-21-22-25-33-28(31)23-24-29(32)34-30(26(2)3)27(4)5/h23-24,26-27,30H,6-22,25H2,1-5H3/b24-23+. The molecule has 34 heavy (non-hydrogen) atoms. The van der Waals surface area contributed by atoms with Crippen LogP contribution in [0.15, 0.2) is 12.2 Å². The summed E-state index contributed by atoms with van der Waals surface area (Å²) in [4.78, 5) is 23.6. The van der Waals surface area contributed by atoms with E-state index in [1.807, 2.05) is 27.7 Å². The summed E-state index contributed by atoms with van der Waals surface area (Å²) in [5.41, 5.74) is 0. The van der Waals surface area contributed by atoms with Crippen LogP contribution >= 0.6 is 0 Å². The highest BCUT2D eigenvalue weighted by Gasteiger charge is 2.20. The molecule has 0 N–H and O–H groups in total. The molecule has 0 aromatic rings. The first kappa shape index (κ1) is 32.7. The van der Waals surface area contributed by atoms with E-state index in [1.54, 1.807) is 0 Å². The second-order valence-corrected chi connectivity index (χ2v) is 10.5. The highest BCUT2D eigenvalue weighted by Crippen LogP contribution is 2.17. The topological polar surface area (TPSA) is 52.6 Å². The summed E-state index contributed by atoms with van der Waals surface area (Å²) in [6.07, 6.45) is 24.8. The molecule has 0 radical (unpaired) electrons. The summed E-state index contributed by atoms with van der Waals surface area (Å²) >= 11 is 0. The molecule has 4 heteroatoms. The fraction of sp³-hybridized carbons (Fsp3) is 0.867. The minimum absolute atomic E-state index is 0.150.